The molecular weight excluding hydrogens is 443 g/mol. The van der Waals surface area contributed by atoms with Gasteiger partial charge in [0, 0.05) is 23.0 Å². The highest BCUT2D eigenvalue weighted by Crippen LogP contribution is 2.29. The van der Waals surface area contributed by atoms with Crippen molar-refractivity contribution in [1.82, 2.24) is 9.97 Å². The van der Waals surface area contributed by atoms with Gasteiger partial charge >= 0.3 is 18.1 Å². The largest absolute Gasteiger partial charge is 0.490 e. The molecule has 0 atom stereocenters. The van der Waals surface area contributed by atoms with E-state index in [-0.39, 0.29) is 6.42 Å². The molecule has 0 saturated carbocycles. The molecule has 0 saturated heterocycles. The Morgan fingerprint density at radius 1 is 1.13 bits per heavy atom. The van der Waals surface area contributed by atoms with Gasteiger partial charge in [0.2, 0.25) is 10.0 Å². The number of alkyl halides is 3. The van der Waals surface area contributed by atoms with E-state index in [1.54, 1.807) is 36.5 Å². The Morgan fingerprint density at radius 2 is 1.71 bits per heavy atom. The first-order valence-corrected chi connectivity index (χ1v) is 10.2. The van der Waals surface area contributed by atoms with Crippen LogP contribution in [0, 0.1) is 0 Å². The molecule has 0 aliphatic heterocycles. The maximum absolute atomic E-state index is 11.2. The maximum Gasteiger partial charge on any atom is 0.490 e. The number of H-pyrrole nitrogens is 1. The molecule has 0 amide bonds. The number of carbonyl (C=O) groups is 2. The summed E-state index contributed by atoms with van der Waals surface area (Å²) < 4.78 is 56.6. The van der Waals surface area contributed by atoms with Gasteiger partial charge in [0.25, 0.3) is 0 Å². The standard InChI is InChI=1S/C16H15N3O4S.C2HF3O2/c1-24(22,23)19-11-4-2-10(3-5-11)13-6-7-17-16-14(13)8-12(18-16)9-15(20)21;3-2(4,5)1(6)7/h2-8,19H,9H2,1H3,(H,17,18)(H,20,21);(H,6,7). The van der Waals surface area contributed by atoms with Gasteiger partial charge in [-0.15, -0.1) is 0 Å². The number of hydrogen-bond donors (Lipinski definition) is 4. The van der Waals surface area contributed by atoms with Crippen molar-refractivity contribution in [2.45, 2.75) is 12.6 Å². The average Bonchev–Trinajstić information content (AvgIpc) is 3.02. The van der Waals surface area contributed by atoms with Gasteiger partial charge < -0.3 is 15.2 Å². The Balaban J connectivity index is 0.000000423. The monoisotopic (exact) mass is 459 g/mol. The number of aromatic amines is 1. The number of hydrogen-bond acceptors (Lipinski definition) is 5. The third kappa shape index (κ3) is 6.99. The molecule has 31 heavy (non-hydrogen) atoms. The van der Waals surface area contributed by atoms with Crippen LogP contribution in [-0.4, -0.2) is 53.0 Å². The average molecular weight is 459 g/mol. The zero-order valence-corrected chi connectivity index (χ0v) is 16.6. The third-order valence-corrected chi connectivity index (χ3v) is 4.28. The topological polar surface area (TPSA) is 149 Å². The molecule has 0 unspecified atom stereocenters. The number of rotatable bonds is 5. The Hall–Kier alpha value is -3.61. The molecule has 0 aliphatic rings. The fourth-order valence-electron chi connectivity index (χ4n) is 2.52. The lowest BCUT2D eigenvalue weighted by atomic mass is 10.0. The van der Waals surface area contributed by atoms with E-state index in [0.717, 1.165) is 22.8 Å². The van der Waals surface area contributed by atoms with E-state index < -0.39 is 28.1 Å². The summed E-state index contributed by atoms with van der Waals surface area (Å²) in [5.74, 6) is -3.67. The summed E-state index contributed by atoms with van der Waals surface area (Å²) in [7, 11) is -3.32. The molecule has 0 bridgehead atoms. The van der Waals surface area contributed by atoms with Crippen molar-refractivity contribution in [3.05, 3.63) is 48.3 Å². The number of sulfonamides is 1. The van der Waals surface area contributed by atoms with E-state index in [9.17, 15) is 26.4 Å². The van der Waals surface area contributed by atoms with Crippen molar-refractivity contribution in [1.29, 1.82) is 0 Å². The van der Waals surface area contributed by atoms with Gasteiger partial charge in [0.1, 0.15) is 5.65 Å². The Morgan fingerprint density at radius 3 is 2.19 bits per heavy atom. The van der Waals surface area contributed by atoms with E-state index in [4.69, 9.17) is 15.0 Å². The first-order valence-electron chi connectivity index (χ1n) is 8.33. The Labute approximate surface area is 173 Å². The Bertz CT molecular complexity index is 1200. The summed E-state index contributed by atoms with van der Waals surface area (Å²) in [6.45, 7) is 0. The van der Waals surface area contributed by atoms with Crippen molar-refractivity contribution in [3.63, 3.8) is 0 Å². The highest BCUT2D eigenvalue weighted by Gasteiger charge is 2.38. The highest BCUT2D eigenvalue weighted by molar-refractivity contribution is 7.92. The molecule has 13 heteroatoms. The number of carboxylic acids is 2. The molecule has 3 aromatic rings. The molecule has 0 fully saturated rings. The summed E-state index contributed by atoms with van der Waals surface area (Å²) in [5, 5.41) is 16.8. The number of nitrogens with one attached hydrogen (secondary N) is 2. The number of anilines is 1. The molecule has 4 N–H and O–H groups in total. The smallest absolute Gasteiger partial charge is 0.481 e. The van der Waals surface area contributed by atoms with Gasteiger partial charge in [-0.3, -0.25) is 9.52 Å². The van der Waals surface area contributed by atoms with Crippen LogP contribution in [0.3, 0.4) is 0 Å². The van der Waals surface area contributed by atoms with Crippen molar-refractivity contribution in [2.24, 2.45) is 0 Å². The summed E-state index contributed by atoms with van der Waals surface area (Å²) in [4.78, 5) is 27.0. The SMILES string of the molecule is CS(=O)(=O)Nc1ccc(-c2ccnc3[nH]c(CC(=O)O)cc23)cc1.O=C(O)C(F)(F)F. The highest BCUT2D eigenvalue weighted by atomic mass is 32.2. The van der Waals surface area contributed by atoms with Crippen LogP contribution in [0.4, 0.5) is 18.9 Å². The van der Waals surface area contributed by atoms with Crippen molar-refractivity contribution in [3.8, 4) is 11.1 Å². The third-order valence-electron chi connectivity index (χ3n) is 3.67. The molecule has 3 rings (SSSR count). The normalized spacial score (nSPS) is 11.5. The molecule has 166 valence electrons. The summed E-state index contributed by atoms with van der Waals surface area (Å²) in [6.07, 6.45) is -2.45. The van der Waals surface area contributed by atoms with Gasteiger partial charge in [-0.2, -0.15) is 13.2 Å². The Kier molecular flexibility index (Phi) is 6.90. The van der Waals surface area contributed by atoms with Crippen LogP contribution in [-0.2, 0) is 26.0 Å². The number of nitrogens with zero attached hydrogens (tertiary/aromatic N) is 1. The predicted molar refractivity (Wildman–Crippen MR) is 105 cm³/mol. The van der Waals surface area contributed by atoms with E-state index in [1.165, 1.54) is 0 Å². The number of aromatic nitrogens is 2. The number of halogens is 3. The lowest BCUT2D eigenvalue weighted by Crippen LogP contribution is -2.21. The molecule has 1 aromatic carbocycles. The van der Waals surface area contributed by atoms with Crippen LogP contribution in [0.5, 0.6) is 0 Å². The van der Waals surface area contributed by atoms with Crippen molar-refractivity contribution < 1.29 is 41.4 Å². The van der Waals surface area contributed by atoms with Crippen LogP contribution < -0.4 is 4.72 Å². The first kappa shape index (κ1) is 23.7. The second kappa shape index (κ2) is 9.04. The summed E-state index contributed by atoms with van der Waals surface area (Å²) >= 11 is 0. The lowest BCUT2D eigenvalue weighted by molar-refractivity contribution is -0.192. The summed E-state index contributed by atoms with van der Waals surface area (Å²) in [5.41, 5.74) is 3.43. The fourth-order valence-corrected chi connectivity index (χ4v) is 3.09. The summed E-state index contributed by atoms with van der Waals surface area (Å²) in [6, 6.07) is 10.5. The molecule has 9 nitrogen and oxygen atoms in total. The predicted octanol–water partition coefficient (Wildman–Crippen LogP) is 2.86. The van der Waals surface area contributed by atoms with Gasteiger partial charge in [-0.1, -0.05) is 12.1 Å². The van der Waals surface area contributed by atoms with Crippen molar-refractivity contribution in [2.75, 3.05) is 11.0 Å². The first-order chi connectivity index (χ1) is 14.3. The number of aliphatic carboxylic acids is 2. The molecule has 0 aliphatic carbocycles. The van der Waals surface area contributed by atoms with Crippen molar-refractivity contribution >= 4 is 38.7 Å². The van der Waals surface area contributed by atoms with Crippen LogP contribution in [0.15, 0.2) is 42.6 Å². The van der Waals surface area contributed by atoms with Gasteiger partial charge in [0.05, 0.1) is 12.7 Å². The molecule has 2 aromatic heterocycles. The second-order valence-electron chi connectivity index (χ2n) is 6.24. The number of carboxylic acid groups (broad SMARTS) is 2. The maximum atomic E-state index is 11.2. The number of pyridine rings is 1. The van der Waals surface area contributed by atoms with Gasteiger partial charge in [-0.05, 0) is 35.4 Å². The van der Waals surface area contributed by atoms with Gasteiger partial charge in [-0.25, -0.2) is 18.2 Å². The van der Waals surface area contributed by atoms with Crippen LogP contribution in [0.2, 0.25) is 0 Å². The van der Waals surface area contributed by atoms with E-state index in [1.807, 2.05) is 6.07 Å². The van der Waals surface area contributed by atoms with E-state index in [0.29, 0.717) is 17.0 Å². The minimum absolute atomic E-state index is 0.104. The van der Waals surface area contributed by atoms with Crippen LogP contribution in [0.25, 0.3) is 22.2 Å². The quantitative estimate of drug-likeness (QED) is 0.458. The minimum atomic E-state index is -5.08. The van der Waals surface area contributed by atoms with E-state index in [2.05, 4.69) is 14.7 Å². The second-order valence-corrected chi connectivity index (χ2v) is 7.99. The molecule has 2 heterocycles. The number of fused-ring (bicyclic) bond motifs is 1. The zero-order chi connectivity index (χ0) is 23.4. The fraction of sp³-hybridized carbons (Fsp3) is 0.167. The van der Waals surface area contributed by atoms with Crippen LogP contribution in [0.1, 0.15) is 5.69 Å². The zero-order valence-electron chi connectivity index (χ0n) is 15.8. The number of benzene rings is 1. The van der Waals surface area contributed by atoms with Gasteiger partial charge in [0.15, 0.2) is 0 Å². The molecule has 0 spiro atoms. The molecular formula is C18H16F3N3O6S. The minimum Gasteiger partial charge on any atom is -0.481 e. The lowest BCUT2D eigenvalue weighted by Gasteiger charge is -2.06. The van der Waals surface area contributed by atoms with E-state index >= 15 is 0 Å². The van der Waals surface area contributed by atoms with Crippen LogP contribution >= 0.6 is 0 Å². The molecule has 0 radical (unpaired) electrons.